The lowest BCUT2D eigenvalue weighted by molar-refractivity contribution is 0.416. The van der Waals surface area contributed by atoms with Crippen LogP contribution in [0.3, 0.4) is 0 Å². The molecule has 0 bridgehead atoms. The topological polar surface area (TPSA) is 99.5 Å². The van der Waals surface area contributed by atoms with Gasteiger partial charge in [0.05, 0.1) is 11.8 Å². The van der Waals surface area contributed by atoms with Crippen LogP contribution < -0.4 is 16.7 Å². The van der Waals surface area contributed by atoms with Gasteiger partial charge in [0, 0.05) is 13.5 Å². The van der Waals surface area contributed by atoms with Crippen molar-refractivity contribution < 1.29 is 5.11 Å². The molecule has 1 aromatic carbocycles. The van der Waals surface area contributed by atoms with Crippen molar-refractivity contribution in [2.75, 3.05) is 0 Å². The lowest BCUT2D eigenvalue weighted by atomic mass is 10.0. The largest absolute Gasteiger partial charge is 0.494 e. The fourth-order valence-corrected chi connectivity index (χ4v) is 2.35. The van der Waals surface area contributed by atoms with Gasteiger partial charge in [0.2, 0.25) is 5.88 Å². The molecule has 108 valence electrons. The van der Waals surface area contributed by atoms with Crippen molar-refractivity contribution in [1.29, 1.82) is 0 Å². The number of aromatic amines is 1. The van der Waals surface area contributed by atoms with E-state index in [2.05, 4.69) is 15.5 Å². The second-order valence-corrected chi connectivity index (χ2v) is 4.87. The van der Waals surface area contributed by atoms with Gasteiger partial charge < -0.3 is 10.5 Å². The Morgan fingerprint density at radius 1 is 1.29 bits per heavy atom. The zero-order chi connectivity index (χ0) is 15.0. The molecule has 0 radical (unpaired) electrons. The average molecular weight is 286 g/mol. The first kappa shape index (κ1) is 13.2. The first-order valence-corrected chi connectivity index (χ1v) is 6.47. The molecule has 2 heterocycles. The summed E-state index contributed by atoms with van der Waals surface area (Å²) in [6.07, 6.45) is 0.457. The number of benzene rings is 1. The highest BCUT2D eigenvalue weighted by atomic mass is 16.3. The molecule has 0 amide bonds. The zero-order valence-electron chi connectivity index (χ0n) is 11.3. The number of aromatic hydroxyl groups is 1. The Hall–Kier alpha value is -2.83. The molecule has 3 N–H and O–H groups in total. The van der Waals surface area contributed by atoms with Gasteiger partial charge in [-0.05, 0) is 5.56 Å². The highest BCUT2D eigenvalue weighted by Gasteiger charge is 2.26. The first-order valence-electron chi connectivity index (χ1n) is 6.47. The molecule has 0 spiro atoms. The lowest BCUT2D eigenvalue weighted by Gasteiger charge is -2.10. The predicted octanol–water partition coefficient (Wildman–Crippen LogP) is 0.218. The average Bonchev–Trinajstić information content (AvgIpc) is 2.95. The first-order chi connectivity index (χ1) is 10.1. The third-order valence-electron chi connectivity index (χ3n) is 3.54. The van der Waals surface area contributed by atoms with E-state index in [9.17, 15) is 14.7 Å². The summed E-state index contributed by atoms with van der Waals surface area (Å²) < 4.78 is 0.981. The minimum absolute atomic E-state index is 0.0306. The van der Waals surface area contributed by atoms with E-state index in [0.717, 1.165) is 10.1 Å². The molecular formula is C14H14N4O3. The van der Waals surface area contributed by atoms with Gasteiger partial charge in [0.25, 0.3) is 5.56 Å². The summed E-state index contributed by atoms with van der Waals surface area (Å²) >= 11 is 0. The van der Waals surface area contributed by atoms with E-state index in [-0.39, 0.29) is 17.5 Å². The molecular weight excluding hydrogens is 272 g/mol. The van der Waals surface area contributed by atoms with Crippen LogP contribution in [-0.2, 0) is 7.05 Å². The van der Waals surface area contributed by atoms with Crippen molar-refractivity contribution in [3.05, 3.63) is 62.3 Å². The fraction of sp³-hybridized carbons (Fsp3) is 0.214. The molecule has 1 aliphatic rings. The maximum absolute atomic E-state index is 11.9. The van der Waals surface area contributed by atoms with E-state index in [0.29, 0.717) is 12.1 Å². The number of hydrazone groups is 1. The van der Waals surface area contributed by atoms with Gasteiger partial charge in [0.15, 0.2) is 0 Å². The number of rotatable bonds is 2. The Morgan fingerprint density at radius 2 is 2.00 bits per heavy atom. The van der Waals surface area contributed by atoms with Crippen molar-refractivity contribution in [3.8, 4) is 5.88 Å². The molecule has 0 aliphatic carbocycles. The van der Waals surface area contributed by atoms with Crippen molar-refractivity contribution in [1.82, 2.24) is 15.0 Å². The molecule has 1 atom stereocenters. The molecule has 0 saturated carbocycles. The maximum Gasteiger partial charge on any atom is 0.330 e. The summed E-state index contributed by atoms with van der Waals surface area (Å²) in [6, 6.07) is 9.63. The molecule has 2 aromatic rings. The lowest BCUT2D eigenvalue weighted by Crippen LogP contribution is -2.32. The standard InChI is InChI=1S/C14H14N4O3/c1-18-13(20)11(12(19)15-14(18)21)10-7-9(16-17-10)8-5-3-2-4-6-8/h2-6,9,16,20H,7H2,1H3,(H,15,19,21)/t9-/m0/s1. The number of nitrogens with zero attached hydrogens (tertiary/aromatic N) is 2. The quantitative estimate of drug-likeness (QED) is 0.735. The highest BCUT2D eigenvalue weighted by molar-refractivity contribution is 6.03. The van der Waals surface area contributed by atoms with Crippen molar-refractivity contribution in [2.24, 2.45) is 12.1 Å². The normalized spacial score (nSPS) is 17.4. The van der Waals surface area contributed by atoms with E-state index in [4.69, 9.17) is 0 Å². The van der Waals surface area contributed by atoms with Crippen LogP contribution >= 0.6 is 0 Å². The monoisotopic (exact) mass is 286 g/mol. The van der Waals surface area contributed by atoms with Crippen molar-refractivity contribution >= 4 is 5.71 Å². The summed E-state index contributed by atoms with van der Waals surface area (Å²) in [4.78, 5) is 25.5. The van der Waals surface area contributed by atoms with E-state index in [1.54, 1.807) is 0 Å². The summed E-state index contributed by atoms with van der Waals surface area (Å²) in [5.74, 6) is -0.377. The second kappa shape index (κ2) is 4.93. The van der Waals surface area contributed by atoms with E-state index < -0.39 is 11.2 Å². The Morgan fingerprint density at radius 3 is 2.71 bits per heavy atom. The van der Waals surface area contributed by atoms with Gasteiger partial charge >= 0.3 is 5.69 Å². The van der Waals surface area contributed by atoms with Crippen LogP contribution in [0, 0.1) is 0 Å². The molecule has 7 nitrogen and oxygen atoms in total. The zero-order valence-corrected chi connectivity index (χ0v) is 11.3. The molecule has 21 heavy (non-hydrogen) atoms. The number of nitrogens with one attached hydrogen (secondary N) is 2. The summed E-state index contributed by atoms with van der Waals surface area (Å²) in [5, 5.41) is 14.1. The van der Waals surface area contributed by atoms with Gasteiger partial charge in [-0.2, -0.15) is 5.10 Å². The van der Waals surface area contributed by atoms with Crippen LogP contribution in [0.5, 0.6) is 5.88 Å². The Kier molecular flexibility index (Phi) is 3.09. The van der Waals surface area contributed by atoms with Crippen LogP contribution in [-0.4, -0.2) is 20.4 Å². The fourth-order valence-electron chi connectivity index (χ4n) is 2.35. The Bertz CT molecular complexity index is 820. The van der Waals surface area contributed by atoms with E-state index >= 15 is 0 Å². The van der Waals surface area contributed by atoms with E-state index in [1.807, 2.05) is 30.3 Å². The molecule has 0 unspecified atom stereocenters. The molecule has 0 fully saturated rings. The Balaban J connectivity index is 1.96. The SMILES string of the molecule is Cn1c(O)c(C2=NN[C@H](c3ccccc3)C2)c(=O)[nH]c1=O. The van der Waals surface area contributed by atoms with Crippen LogP contribution in [0.1, 0.15) is 23.6 Å². The highest BCUT2D eigenvalue weighted by Crippen LogP contribution is 2.25. The van der Waals surface area contributed by atoms with Crippen LogP contribution in [0.2, 0.25) is 0 Å². The number of hydrogen-bond acceptors (Lipinski definition) is 5. The van der Waals surface area contributed by atoms with Crippen molar-refractivity contribution in [3.63, 3.8) is 0 Å². The molecule has 3 rings (SSSR count). The number of aromatic nitrogens is 2. The van der Waals surface area contributed by atoms with Gasteiger partial charge in [-0.1, -0.05) is 30.3 Å². The van der Waals surface area contributed by atoms with Gasteiger partial charge in [-0.25, -0.2) is 4.79 Å². The third-order valence-corrected chi connectivity index (χ3v) is 3.54. The van der Waals surface area contributed by atoms with Crippen LogP contribution in [0.25, 0.3) is 0 Å². The predicted molar refractivity (Wildman–Crippen MR) is 77.4 cm³/mol. The van der Waals surface area contributed by atoms with Gasteiger partial charge in [-0.15, -0.1) is 0 Å². The van der Waals surface area contributed by atoms with Crippen LogP contribution in [0.15, 0.2) is 45.0 Å². The molecule has 7 heteroatoms. The van der Waals surface area contributed by atoms with Gasteiger partial charge in [0.1, 0.15) is 5.56 Å². The molecule has 0 saturated heterocycles. The summed E-state index contributed by atoms with van der Waals surface area (Å²) in [6.45, 7) is 0. The van der Waals surface area contributed by atoms with Gasteiger partial charge in [-0.3, -0.25) is 14.3 Å². The summed E-state index contributed by atoms with van der Waals surface area (Å²) in [7, 11) is 1.38. The molecule has 1 aliphatic heterocycles. The second-order valence-electron chi connectivity index (χ2n) is 4.87. The molecule has 1 aromatic heterocycles. The van der Waals surface area contributed by atoms with E-state index in [1.165, 1.54) is 7.05 Å². The van der Waals surface area contributed by atoms with Crippen LogP contribution in [0.4, 0.5) is 0 Å². The Labute approximate surface area is 119 Å². The minimum Gasteiger partial charge on any atom is -0.494 e. The van der Waals surface area contributed by atoms with Crippen molar-refractivity contribution in [2.45, 2.75) is 12.5 Å². The maximum atomic E-state index is 11.9. The minimum atomic E-state index is -0.660. The summed E-state index contributed by atoms with van der Waals surface area (Å²) in [5.41, 5.74) is 3.15. The smallest absolute Gasteiger partial charge is 0.330 e. The number of H-pyrrole nitrogens is 1. The third kappa shape index (κ3) is 2.22. The number of hydrogen-bond donors (Lipinski definition) is 3.